The van der Waals surface area contributed by atoms with Crippen molar-refractivity contribution in [3.05, 3.63) is 39.8 Å². The first-order valence-electron chi connectivity index (χ1n) is 5.75. The molecule has 0 amide bonds. The van der Waals surface area contributed by atoms with Gasteiger partial charge in [-0.05, 0) is 19.1 Å². The van der Waals surface area contributed by atoms with Crippen LogP contribution in [0.1, 0.15) is 5.01 Å². The van der Waals surface area contributed by atoms with Crippen LogP contribution in [0.5, 0.6) is 0 Å². The van der Waals surface area contributed by atoms with E-state index in [2.05, 4.69) is 10.2 Å². The molecule has 0 unspecified atom stereocenters. The molecule has 0 bridgehead atoms. The lowest BCUT2D eigenvalue weighted by Gasteiger charge is -1.99. The average Bonchev–Trinajstić information content (AvgIpc) is 2.94. The van der Waals surface area contributed by atoms with Crippen LogP contribution in [0.25, 0.3) is 11.1 Å². The first kappa shape index (κ1) is 12.4. The molecule has 0 aliphatic rings. The largest absolute Gasteiger partial charge is 0.419 e. The number of hydrogen-bond donors (Lipinski definition) is 0. The van der Waals surface area contributed by atoms with Gasteiger partial charge in [-0.3, -0.25) is 4.57 Å². The second-order valence-electron chi connectivity index (χ2n) is 3.92. The van der Waals surface area contributed by atoms with Gasteiger partial charge in [-0.2, -0.15) is 0 Å². The lowest BCUT2D eigenvalue weighted by atomic mass is 10.3. The molecule has 0 spiro atoms. The number of oxazole rings is 1. The number of para-hydroxylation sites is 2. The van der Waals surface area contributed by atoms with Gasteiger partial charge < -0.3 is 4.42 Å². The van der Waals surface area contributed by atoms with E-state index < -0.39 is 0 Å². The summed E-state index contributed by atoms with van der Waals surface area (Å²) in [6.07, 6.45) is 0. The predicted octanol–water partition coefficient (Wildman–Crippen LogP) is 2.55. The van der Waals surface area contributed by atoms with Crippen LogP contribution in [-0.4, -0.2) is 20.5 Å². The molecule has 0 N–H and O–H groups in total. The van der Waals surface area contributed by atoms with E-state index in [4.69, 9.17) is 4.42 Å². The van der Waals surface area contributed by atoms with Crippen molar-refractivity contribution in [3.63, 3.8) is 0 Å². The first-order valence-corrected chi connectivity index (χ1v) is 7.55. The van der Waals surface area contributed by atoms with Crippen molar-refractivity contribution in [2.24, 2.45) is 0 Å². The molecular formula is C12H11N3O2S2. The minimum Gasteiger partial charge on any atom is -0.408 e. The molecule has 3 rings (SSSR count). The number of nitrogens with zero attached hydrogens (tertiary/aromatic N) is 3. The number of aromatic nitrogens is 3. The maximum atomic E-state index is 11.7. The Labute approximate surface area is 117 Å². The van der Waals surface area contributed by atoms with Gasteiger partial charge in [0.15, 0.2) is 9.92 Å². The zero-order valence-corrected chi connectivity index (χ0v) is 11.8. The third-order valence-electron chi connectivity index (χ3n) is 2.62. The van der Waals surface area contributed by atoms with E-state index in [1.807, 2.05) is 25.1 Å². The fourth-order valence-corrected chi connectivity index (χ4v) is 3.60. The van der Waals surface area contributed by atoms with Gasteiger partial charge in [0.2, 0.25) is 0 Å². The molecule has 2 aromatic heterocycles. The van der Waals surface area contributed by atoms with Gasteiger partial charge in [0.25, 0.3) is 0 Å². The van der Waals surface area contributed by atoms with Crippen LogP contribution in [-0.2, 0) is 6.54 Å². The number of fused-ring (bicyclic) bond motifs is 1. The Morgan fingerprint density at radius 3 is 3.00 bits per heavy atom. The van der Waals surface area contributed by atoms with E-state index in [9.17, 15) is 4.79 Å². The van der Waals surface area contributed by atoms with Crippen LogP contribution in [0, 0.1) is 6.92 Å². The van der Waals surface area contributed by atoms with E-state index in [1.165, 1.54) is 0 Å². The molecule has 19 heavy (non-hydrogen) atoms. The molecule has 98 valence electrons. The minimum atomic E-state index is -0.310. The lowest BCUT2D eigenvalue weighted by molar-refractivity contribution is 0.514. The van der Waals surface area contributed by atoms with Crippen molar-refractivity contribution >= 4 is 34.2 Å². The highest BCUT2D eigenvalue weighted by atomic mass is 32.2. The molecule has 0 atom stereocenters. The van der Waals surface area contributed by atoms with Crippen molar-refractivity contribution in [1.29, 1.82) is 0 Å². The molecule has 0 saturated heterocycles. The molecule has 5 nitrogen and oxygen atoms in total. The van der Waals surface area contributed by atoms with Gasteiger partial charge in [0.05, 0.1) is 5.52 Å². The normalized spacial score (nSPS) is 11.2. The molecule has 0 radical (unpaired) electrons. The van der Waals surface area contributed by atoms with E-state index in [1.54, 1.807) is 33.7 Å². The van der Waals surface area contributed by atoms with Crippen LogP contribution in [0.15, 0.2) is 37.8 Å². The molecule has 7 heteroatoms. The second-order valence-corrected chi connectivity index (χ2v) is 6.45. The number of benzene rings is 1. The number of hydrogen-bond acceptors (Lipinski definition) is 6. The van der Waals surface area contributed by atoms with E-state index in [0.29, 0.717) is 12.1 Å². The molecule has 3 aromatic rings. The van der Waals surface area contributed by atoms with E-state index in [0.717, 1.165) is 20.6 Å². The Bertz CT molecular complexity index is 760. The summed E-state index contributed by atoms with van der Waals surface area (Å²) in [6, 6.07) is 7.44. The summed E-state index contributed by atoms with van der Waals surface area (Å²) in [5.41, 5.74) is 1.46. The minimum absolute atomic E-state index is 0.310. The summed E-state index contributed by atoms with van der Waals surface area (Å²) in [7, 11) is 0. The third kappa shape index (κ3) is 2.57. The van der Waals surface area contributed by atoms with Crippen LogP contribution in [0.4, 0.5) is 0 Å². The summed E-state index contributed by atoms with van der Waals surface area (Å²) in [6.45, 7) is 2.52. The van der Waals surface area contributed by atoms with E-state index in [-0.39, 0.29) is 5.76 Å². The van der Waals surface area contributed by atoms with Crippen LogP contribution in [0.3, 0.4) is 0 Å². The van der Waals surface area contributed by atoms with Crippen LogP contribution >= 0.6 is 23.1 Å². The molecule has 0 aliphatic carbocycles. The summed E-state index contributed by atoms with van der Waals surface area (Å²) >= 11 is 3.16. The average molecular weight is 293 g/mol. The highest BCUT2D eigenvalue weighted by Gasteiger charge is 2.08. The second kappa shape index (κ2) is 5.18. The van der Waals surface area contributed by atoms with Gasteiger partial charge in [0.1, 0.15) is 5.01 Å². The summed E-state index contributed by atoms with van der Waals surface area (Å²) < 4.78 is 7.76. The Kier molecular flexibility index (Phi) is 3.39. The number of rotatable bonds is 4. The smallest absolute Gasteiger partial charge is 0.408 e. The maximum absolute atomic E-state index is 11.7. The van der Waals surface area contributed by atoms with Gasteiger partial charge in [-0.15, -0.1) is 10.2 Å². The van der Waals surface area contributed by atoms with E-state index >= 15 is 0 Å². The van der Waals surface area contributed by atoms with Crippen LogP contribution in [0.2, 0.25) is 0 Å². The SMILES string of the molecule is Cc1nnc(SCCn2c(=O)oc3ccccc32)s1. The molecule has 0 aliphatic heterocycles. The Hall–Kier alpha value is -1.60. The fraction of sp³-hybridized carbons (Fsp3) is 0.250. The molecule has 2 heterocycles. The number of thioether (sulfide) groups is 1. The van der Waals surface area contributed by atoms with Crippen molar-refractivity contribution in [3.8, 4) is 0 Å². The van der Waals surface area contributed by atoms with Crippen molar-refractivity contribution < 1.29 is 4.42 Å². The standard InChI is InChI=1S/C12H11N3O2S2/c1-8-13-14-11(19-8)18-7-6-15-9-4-2-3-5-10(9)17-12(15)16/h2-5H,6-7H2,1H3. The Morgan fingerprint density at radius 1 is 1.37 bits per heavy atom. The first-order chi connectivity index (χ1) is 9.24. The molecule has 0 fully saturated rings. The van der Waals surface area contributed by atoms with Gasteiger partial charge >= 0.3 is 5.76 Å². The third-order valence-corrected chi connectivity index (χ3v) is 4.57. The highest BCUT2D eigenvalue weighted by molar-refractivity contribution is 8.01. The van der Waals surface area contributed by atoms with Gasteiger partial charge in [-0.1, -0.05) is 35.2 Å². The van der Waals surface area contributed by atoms with Gasteiger partial charge in [0, 0.05) is 12.3 Å². The molecule has 1 aromatic carbocycles. The zero-order chi connectivity index (χ0) is 13.2. The Balaban J connectivity index is 1.75. The van der Waals surface area contributed by atoms with Gasteiger partial charge in [-0.25, -0.2) is 4.79 Å². The van der Waals surface area contributed by atoms with Crippen LogP contribution < -0.4 is 5.76 Å². The Morgan fingerprint density at radius 2 is 2.21 bits per heavy atom. The quantitative estimate of drug-likeness (QED) is 0.692. The monoisotopic (exact) mass is 293 g/mol. The number of aryl methyl sites for hydroxylation is 2. The van der Waals surface area contributed by atoms with Crippen molar-refractivity contribution in [1.82, 2.24) is 14.8 Å². The lowest BCUT2D eigenvalue weighted by Crippen LogP contribution is -2.15. The maximum Gasteiger partial charge on any atom is 0.419 e. The van der Waals surface area contributed by atoms with Crippen molar-refractivity contribution in [2.45, 2.75) is 17.8 Å². The topological polar surface area (TPSA) is 60.9 Å². The molecule has 0 saturated carbocycles. The molecular weight excluding hydrogens is 282 g/mol. The summed E-state index contributed by atoms with van der Waals surface area (Å²) in [5, 5.41) is 8.95. The zero-order valence-electron chi connectivity index (χ0n) is 10.2. The summed E-state index contributed by atoms with van der Waals surface area (Å²) in [4.78, 5) is 11.7. The highest BCUT2D eigenvalue weighted by Crippen LogP contribution is 2.22. The summed E-state index contributed by atoms with van der Waals surface area (Å²) in [5.74, 6) is 0.452. The predicted molar refractivity (Wildman–Crippen MR) is 75.8 cm³/mol. The fourth-order valence-electron chi connectivity index (χ4n) is 1.79. The van der Waals surface area contributed by atoms with Crippen molar-refractivity contribution in [2.75, 3.05) is 5.75 Å².